The molecule has 2 fully saturated rings. The number of benzene rings is 1. The Morgan fingerprint density at radius 2 is 2.24 bits per heavy atom. The van der Waals surface area contributed by atoms with Crippen LogP contribution in [0.25, 0.3) is 0 Å². The second kappa shape index (κ2) is 9.45. The average molecular weight is 480 g/mol. The second-order valence-electron chi connectivity index (χ2n) is 8.90. The summed E-state index contributed by atoms with van der Waals surface area (Å²) in [6, 6.07) is 8.75. The molecule has 2 amide bonds. The lowest BCUT2D eigenvalue weighted by Gasteiger charge is -2.46. The molecule has 9 heteroatoms. The van der Waals surface area contributed by atoms with Gasteiger partial charge in [0.1, 0.15) is 11.9 Å². The van der Waals surface area contributed by atoms with Crippen LogP contribution >= 0.6 is 11.6 Å². The highest BCUT2D eigenvalue weighted by atomic mass is 35.5. The van der Waals surface area contributed by atoms with Crippen LogP contribution in [0.15, 0.2) is 49.1 Å². The summed E-state index contributed by atoms with van der Waals surface area (Å²) in [6.45, 7) is 8.65. The zero-order chi connectivity index (χ0) is 24.5. The van der Waals surface area contributed by atoms with Crippen LogP contribution in [-0.2, 0) is 15.1 Å². The fourth-order valence-electron chi connectivity index (χ4n) is 4.63. The minimum absolute atomic E-state index is 0.0322. The summed E-state index contributed by atoms with van der Waals surface area (Å²) in [5, 5.41) is 15.6. The molecule has 0 aliphatic carbocycles. The molecule has 34 heavy (non-hydrogen) atoms. The first-order valence-electron chi connectivity index (χ1n) is 11.1. The summed E-state index contributed by atoms with van der Waals surface area (Å²) in [6.07, 6.45) is 4.56. The molecule has 3 heterocycles. The fraction of sp³-hybridized carbons (Fsp3) is 0.360. The van der Waals surface area contributed by atoms with E-state index in [1.807, 2.05) is 26.0 Å². The van der Waals surface area contributed by atoms with Gasteiger partial charge in [0, 0.05) is 25.0 Å². The Hall–Kier alpha value is -3.41. The van der Waals surface area contributed by atoms with Gasteiger partial charge in [-0.15, -0.1) is 0 Å². The minimum Gasteiger partial charge on any atom is -0.378 e. The van der Waals surface area contributed by atoms with E-state index in [0.717, 1.165) is 12.8 Å². The van der Waals surface area contributed by atoms with Gasteiger partial charge in [0.15, 0.2) is 0 Å². The van der Waals surface area contributed by atoms with Crippen LogP contribution < -0.4 is 10.6 Å². The number of pyridine rings is 1. The minimum atomic E-state index is -0.804. The van der Waals surface area contributed by atoms with Crippen molar-refractivity contribution in [1.29, 1.82) is 5.26 Å². The van der Waals surface area contributed by atoms with Gasteiger partial charge in [0.25, 0.3) is 5.91 Å². The van der Waals surface area contributed by atoms with Crippen molar-refractivity contribution in [3.8, 4) is 6.07 Å². The smallest absolute Gasteiger partial charge is 0.257 e. The quantitative estimate of drug-likeness (QED) is 0.687. The number of nitriles is 1. The van der Waals surface area contributed by atoms with Gasteiger partial charge in [-0.1, -0.05) is 30.3 Å². The lowest BCUT2D eigenvalue weighted by atomic mass is 9.85. The molecule has 2 aliphatic rings. The van der Waals surface area contributed by atoms with Crippen LogP contribution in [0.5, 0.6) is 0 Å². The van der Waals surface area contributed by atoms with E-state index in [9.17, 15) is 9.59 Å². The van der Waals surface area contributed by atoms with Crippen LogP contribution in [0.4, 0.5) is 5.69 Å². The van der Waals surface area contributed by atoms with Crippen LogP contribution in [0.1, 0.15) is 54.6 Å². The maximum Gasteiger partial charge on any atom is 0.257 e. The number of hydrogen-bond acceptors (Lipinski definition) is 6. The zero-order valence-corrected chi connectivity index (χ0v) is 19.9. The molecule has 1 aromatic heterocycles. The van der Waals surface area contributed by atoms with Crippen molar-refractivity contribution in [2.24, 2.45) is 0 Å². The number of halogens is 1. The molecule has 176 valence electrons. The van der Waals surface area contributed by atoms with E-state index in [2.05, 4.69) is 22.2 Å². The van der Waals surface area contributed by atoms with Gasteiger partial charge < -0.3 is 15.4 Å². The van der Waals surface area contributed by atoms with Gasteiger partial charge in [0.05, 0.1) is 39.9 Å². The van der Waals surface area contributed by atoms with Gasteiger partial charge in [-0.2, -0.15) is 5.26 Å². The van der Waals surface area contributed by atoms with Gasteiger partial charge >= 0.3 is 0 Å². The van der Waals surface area contributed by atoms with Crippen LogP contribution in [0.2, 0.25) is 5.02 Å². The number of anilines is 1. The largest absolute Gasteiger partial charge is 0.378 e. The summed E-state index contributed by atoms with van der Waals surface area (Å²) in [5.41, 5.74) is 0.791. The summed E-state index contributed by atoms with van der Waals surface area (Å²) in [7, 11) is 0. The molecule has 2 N–H and O–H groups in total. The Bertz CT molecular complexity index is 1170. The summed E-state index contributed by atoms with van der Waals surface area (Å²) in [5.74, 6) is 0.0590. The topological polar surface area (TPSA) is 107 Å². The number of nitrogens with zero attached hydrogens (tertiary/aromatic N) is 3. The Labute approximate surface area is 203 Å². The summed E-state index contributed by atoms with van der Waals surface area (Å²) in [4.78, 5) is 31.7. The average Bonchev–Trinajstić information content (AvgIpc) is 2.80. The number of rotatable bonds is 4. The zero-order valence-electron chi connectivity index (χ0n) is 19.1. The highest BCUT2D eigenvalue weighted by molar-refractivity contribution is 6.34. The van der Waals surface area contributed by atoms with Gasteiger partial charge in [-0.05, 0) is 44.4 Å². The first kappa shape index (κ1) is 23.7. The monoisotopic (exact) mass is 479 g/mol. The molecule has 2 saturated heterocycles. The van der Waals surface area contributed by atoms with Crippen LogP contribution in [0, 0.1) is 11.3 Å². The van der Waals surface area contributed by atoms with E-state index in [0.29, 0.717) is 28.7 Å². The van der Waals surface area contributed by atoms with E-state index >= 15 is 0 Å². The third-order valence-corrected chi connectivity index (χ3v) is 6.69. The number of nitrogens with one attached hydrogen (secondary N) is 2. The molecule has 4 rings (SSSR count). The molecule has 0 saturated carbocycles. The second-order valence-corrected chi connectivity index (χ2v) is 9.28. The number of amides is 2. The van der Waals surface area contributed by atoms with Crippen LogP contribution in [0.3, 0.4) is 0 Å². The SMILES string of the molecule is C=C1N[C@](C)(c2cccc(NC(=O)c3cncc(C#N)c3)c2Cl)CC(=O)N1C1CCO[C@H](C)C1. The molecule has 1 unspecified atom stereocenters. The molecule has 1 aromatic carbocycles. The van der Waals surface area contributed by atoms with Gasteiger partial charge in [-0.3, -0.25) is 19.5 Å². The molecule has 8 nitrogen and oxygen atoms in total. The molecular weight excluding hydrogens is 454 g/mol. The van der Waals surface area contributed by atoms with Crippen molar-refractivity contribution < 1.29 is 14.3 Å². The van der Waals surface area contributed by atoms with Crippen LogP contribution in [-0.4, -0.2) is 40.5 Å². The van der Waals surface area contributed by atoms with Crippen molar-refractivity contribution in [2.45, 2.75) is 50.8 Å². The first-order chi connectivity index (χ1) is 16.2. The molecule has 2 aliphatic heterocycles. The first-order valence-corrected chi connectivity index (χ1v) is 11.5. The van der Waals surface area contributed by atoms with E-state index < -0.39 is 11.4 Å². The Kier molecular flexibility index (Phi) is 6.60. The van der Waals surface area contributed by atoms with Gasteiger partial charge in [0.2, 0.25) is 5.91 Å². The normalized spacial score (nSPS) is 24.8. The standard InChI is InChI=1S/C25H26ClN5O3/c1-15-9-19(7-8-34-15)31-16(2)30-25(3,11-22(31)32)20-5-4-6-21(23(20)26)29-24(33)18-10-17(12-27)13-28-14-18/h4-6,10,13-15,19,30H,2,7-9,11H2,1,3H3,(H,29,33)/t15-,19?,25+/m1/s1. The van der Waals surface area contributed by atoms with Crippen molar-refractivity contribution in [2.75, 3.05) is 11.9 Å². The summed E-state index contributed by atoms with van der Waals surface area (Å²) < 4.78 is 5.63. The molecule has 0 spiro atoms. The van der Waals surface area contributed by atoms with Gasteiger partial charge in [-0.25, -0.2) is 0 Å². The number of ether oxygens (including phenoxy) is 1. The maximum absolute atomic E-state index is 13.3. The molecule has 0 bridgehead atoms. The van der Waals surface area contributed by atoms with Crippen molar-refractivity contribution >= 4 is 29.1 Å². The lowest BCUT2D eigenvalue weighted by Crippen LogP contribution is -2.57. The molecular formula is C25H26ClN5O3. The highest BCUT2D eigenvalue weighted by Crippen LogP contribution is 2.40. The lowest BCUT2D eigenvalue weighted by molar-refractivity contribution is -0.138. The number of carbonyl (C=O) groups excluding carboxylic acids is 2. The molecule has 3 atom stereocenters. The summed E-state index contributed by atoms with van der Waals surface area (Å²) >= 11 is 6.73. The third-order valence-electron chi connectivity index (χ3n) is 6.28. The number of aromatic nitrogens is 1. The van der Waals surface area contributed by atoms with E-state index in [1.165, 1.54) is 18.5 Å². The van der Waals surface area contributed by atoms with Crippen molar-refractivity contribution in [3.63, 3.8) is 0 Å². The Balaban J connectivity index is 1.56. The highest BCUT2D eigenvalue weighted by Gasteiger charge is 2.42. The Morgan fingerprint density at radius 3 is 2.94 bits per heavy atom. The predicted molar refractivity (Wildman–Crippen MR) is 128 cm³/mol. The van der Waals surface area contributed by atoms with Crippen molar-refractivity contribution in [3.05, 3.63) is 70.8 Å². The number of carbonyl (C=O) groups is 2. The predicted octanol–water partition coefficient (Wildman–Crippen LogP) is 3.93. The number of hydrogen-bond donors (Lipinski definition) is 2. The molecule has 2 aromatic rings. The Morgan fingerprint density at radius 1 is 1.44 bits per heavy atom. The fourth-order valence-corrected chi connectivity index (χ4v) is 5.01. The van der Waals surface area contributed by atoms with E-state index in [1.54, 1.807) is 17.0 Å². The van der Waals surface area contributed by atoms with Crippen molar-refractivity contribution in [1.82, 2.24) is 15.2 Å². The van der Waals surface area contributed by atoms with E-state index in [-0.39, 0.29) is 35.6 Å². The maximum atomic E-state index is 13.3. The molecule has 0 radical (unpaired) electrons. The third kappa shape index (κ3) is 4.63. The van der Waals surface area contributed by atoms with E-state index in [4.69, 9.17) is 21.6 Å².